The first-order chi connectivity index (χ1) is 10.1. The molecule has 1 aromatic carbocycles. The molecule has 0 spiro atoms. The van der Waals surface area contributed by atoms with Crippen molar-refractivity contribution in [3.8, 4) is 5.75 Å². The molecule has 0 aromatic heterocycles. The molecule has 1 fully saturated rings. The summed E-state index contributed by atoms with van der Waals surface area (Å²) >= 11 is 0. The number of rotatable bonds is 7. The molecule has 0 radical (unpaired) electrons. The molecule has 2 rings (SSSR count). The second kappa shape index (κ2) is 7.52. The second-order valence-corrected chi connectivity index (χ2v) is 5.12. The highest BCUT2D eigenvalue weighted by Gasteiger charge is 2.30. The van der Waals surface area contributed by atoms with E-state index in [1.807, 2.05) is 30.3 Å². The van der Waals surface area contributed by atoms with E-state index in [1.165, 1.54) is 0 Å². The molecule has 6 nitrogen and oxygen atoms in total. The Hall–Kier alpha value is -2.24. The van der Waals surface area contributed by atoms with Gasteiger partial charge in [-0.05, 0) is 18.6 Å². The van der Waals surface area contributed by atoms with Gasteiger partial charge in [-0.2, -0.15) is 0 Å². The molecule has 0 unspecified atom stereocenters. The van der Waals surface area contributed by atoms with Crippen LogP contribution in [0.15, 0.2) is 30.3 Å². The van der Waals surface area contributed by atoms with Crippen molar-refractivity contribution in [3.63, 3.8) is 0 Å². The summed E-state index contributed by atoms with van der Waals surface area (Å²) in [5.74, 6) is 0.357. The number of carbonyl (C=O) groups is 2. The molecule has 0 saturated carbocycles. The number of carboxylic acids is 1. The predicted molar refractivity (Wildman–Crippen MR) is 77.3 cm³/mol. The summed E-state index contributed by atoms with van der Waals surface area (Å²) in [7, 11) is 0. The number of hydrogen-bond donors (Lipinski definition) is 2. The summed E-state index contributed by atoms with van der Waals surface area (Å²) in [4.78, 5) is 23.8. The molecule has 114 valence electrons. The Labute approximate surface area is 123 Å². The average molecular weight is 292 g/mol. The fourth-order valence-electron chi connectivity index (χ4n) is 2.12. The van der Waals surface area contributed by atoms with E-state index >= 15 is 0 Å². The van der Waals surface area contributed by atoms with Crippen molar-refractivity contribution in [1.29, 1.82) is 0 Å². The quantitative estimate of drug-likeness (QED) is 0.748. The highest BCUT2D eigenvalue weighted by Crippen LogP contribution is 2.17. The van der Waals surface area contributed by atoms with Gasteiger partial charge < -0.3 is 20.1 Å². The van der Waals surface area contributed by atoms with Gasteiger partial charge in [-0.1, -0.05) is 18.2 Å². The third-order valence-electron chi connectivity index (χ3n) is 3.32. The van der Waals surface area contributed by atoms with Crippen LogP contribution in [0.4, 0.5) is 4.79 Å². The molecule has 0 bridgehead atoms. The topological polar surface area (TPSA) is 78.9 Å². The lowest BCUT2D eigenvalue weighted by atomic mass is 10.0. The van der Waals surface area contributed by atoms with Crippen LogP contribution in [-0.2, 0) is 4.79 Å². The number of aliphatic carboxylic acids is 1. The maximum absolute atomic E-state index is 11.7. The molecular formula is C15H20N2O4. The van der Waals surface area contributed by atoms with Crippen molar-refractivity contribution in [2.75, 3.05) is 26.2 Å². The number of benzene rings is 1. The first-order valence-electron chi connectivity index (χ1n) is 7.07. The summed E-state index contributed by atoms with van der Waals surface area (Å²) in [6.07, 6.45) is 0.531. The van der Waals surface area contributed by atoms with E-state index in [1.54, 1.807) is 4.90 Å². The third kappa shape index (κ3) is 4.98. The SMILES string of the molecule is O=C(O)CCCNC(=O)N1CC(COc2ccccc2)C1. The van der Waals surface area contributed by atoms with Crippen LogP contribution in [0.2, 0.25) is 0 Å². The van der Waals surface area contributed by atoms with Gasteiger partial charge in [0.1, 0.15) is 5.75 Å². The Morgan fingerprint density at radius 2 is 2.00 bits per heavy atom. The van der Waals surface area contributed by atoms with Crippen molar-refractivity contribution in [1.82, 2.24) is 10.2 Å². The Morgan fingerprint density at radius 3 is 2.67 bits per heavy atom. The number of urea groups is 1. The fraction of sp³-hybridized carbons (Fsp3) is 0.467. The van der Waals surface area contributed by atoms with Crippen LogP contribution < -0.4 is 10.1 Å². The smallest absolute Gasteiger partial charge is 0.317 e. The first-order valence-corrected chi connectivity index (χ1v) is 7.07. The summed E-state index contributed by atoms with van der Waals surface area (Å²) in [6, 6.07) is 9.47. The van der Waals surface area contributed by atoms with Crippen LogP contribution in [-0.4, -0.2) is 48.2 Å². The number of hydrogen-bond acceptors (Lipinski definition) is 3. The van der Waals surface area contributed by atoms with Gasteiger partial charge in [-0.25, -0.2) is 4.79 Å². The van der Waals surface area contributed by atoms with Crippen molar-refractivity contribution in [2.24, 2.45) is 5.92 Å². The van der Waals surface area contributed by atoms with Crippen LogP contribution >= 0.6 is 0 Å². The van der Waals surface area contributed by atoms with E-state index in [4.69, 9.17) is 9.84 Å². The summed E-state index contributed by atoms with van der Waals surface area (Å²) in [5, 5.41) is 11.2. The maximum atomic E-state index is 11.7. The first kappa shape index (κ1) is 15.2. The summed E-state index contributed by atoms with van der Waals surface area (Å²) in [5.41, 5.74) is 0. The molecule has 1 aromatic rings. The van der Waals surface area contributed by atoms with Gasteiger partial charge in [-0.3, -0.25) is 4.79 Å². The monoisotopic (exact) mass is 292 g/mol. The van der Waals surface area contributed by atoms with Crippen LogP contribution in [0.25, 0.3) is 0 Å². The lowest BCUT2D eigenvalue weighted by molar-refractivity contribution is -0.137. The Bertz CT molecular complexity index is 472. The van der Waals surface area contributed by atoms with Crippen LogP contribution in [0.5, 0.6) is 5.75 Å². The lowest BCUT2D eigenvalue weighted by Crippen LogP contribution is -2.55. The molecule has 1 aliphatic heterocycles. The van der Waals surface area contributed by atoms with E-state index in [0.717, 1.165) is 5.75 Å². The van der Waals surface area contributed by atoms with Gasteiger partial charge in [0.2, 0.25) is 0 Å². The number of carboxylic acid groups (broad SMARTS) is 1. The van der Waals surface area contributed by atoms with Crippen molar-refractivity contribution >= 4 is 12.0 Å². The largest absolute Gasteiger partial charge is 0.493 e. The molecule has 0 aliphatic carbocycles. The molecule has 0 atom stereocenters. The van der Waals surface area contributed by atoms with E-state index in [0.29, 0.717) is 38.6 Å². The van der Waals surface area contributed by atoms with Gasteiger partial charge >= 0.3 is 12.0 Å². The number of carbonyl (C=O) groups excluding carboxylic acids is 1. The van der Waals surface area contributed by atoms with E-state index in [9.17, 15) is 9.59 Å². The van der Waals surface area contributed by atoms with Crippen molar-refractivity contribution in [2.45, 2.75) is 12.8 Å². The summed E-state index contributed by atoms with van der Waals surface area (Å²) < 4.78 is 5.64. The number of ether oxygens (including phenoxy) is 1. The zero-order valence-electron chi connectivity index (χ0n) is 11.8. The molecule has 1 heterocycles. The van der Waals surface area contributed by atoms with Gasteiger partial charge in [0.15, 0.2) is 0 Å². The minimum Gasteiger partial charge on any atom is -0.493 e. The molecule has 1 aliphatic rings. The van der Waals surface area contributed by atoms with Gasteiger partial charge in [0.25, 0.3) is 0 Å². The fourth-order valence-corrected chi connectivity index (χ4v) is 2.12. The van der Waals surface area contributed by atoms with Crippen LogP contribution in [0, 0.1) is 5.92 Å². The minimum absolute atomic E-state index is 0.0772. The van der Waals surface area contributed by atoms with E-state index < -0.39 is 5.97 Å². The zero-order valence-corrected chi connectivity index (χ0v) is 11.8. The molecule has 21 heavy (non-hydrogen) atoms. The normalized spacial score (nSPS) is 14.4. The molecular weight excluding hydrogens is 272 g/mol. The standard InChI is InChI=1S/C15H20N2O4/c18-14(19)7-4-8-16-15(20)17-9-12(10-17)11-21-13-5-2-1-3-6-13/h1-3,5-6,12H,4,7-11H2,(H,16,20)(H,18,19). The Morgan fingerprint density at radius 1 is 1.29 bits per heavy atom. The number of nitrogens with one attached hydrogen (secondary N) is 1. The number of likely N-dealkylation sites (tertiary alicyclic amines) is 1. The molecule has 6 heteroatoms. The van der Waals surface area contributed by atoms with Crippen molar-refractivity contribution in [3.05, 3.63) is 30.3 Å². The molecule has 2 N–H and O–H groups in total. The van der Waals surface area contributed by atoms with Crippen LogP contribution in [0.3, 0.4) is 0 Å². The second-order valence-electron chi connectivity index (χ2n) is 5.12. The van der Waals surface area contributed by atoms with Gasteiger partial charge in [0, 0.05) is 32.0 Å². The number of para-hydroxylation sites is 1. The minimum atomic E-state index is -0.841. The van der Waals surface area contributed by atoms with Gasteiger partial charge in [0.05, 0.1) is 6.61 Å². The lowest BCUT2D eigenvalue weighted by Gasteiger charge is -2.38. The number of nitrogens with zero attached hydrogens (tertiary/aromatic N) is 1. The highest BCUT2D eigenvalue weighted by atomic mass is 16.5. The van der Waals surface area contributed by atoms with E-state index in [-0.39, 0.29) is 12.5 Å². The predicted octanol–water partition coefficient (Wildman–Crippen LogP) is 1.57. The third-order valence-corrected chi connectivity index (χ3v) is 3.32. The average Bonchev–Trinajstić information content (AvgIpc) is 2.43. The Kier molecular flexibility index (Phi) is 5.43. The highest BCUT2D eigenvalue weighted by molar-refractivity contribution is 5.75. The van der Waals surface area contributed by atoms with Crippen LogP contribution in [0.1, 0.15) is 12.8 Å². The van der Waals surface area contributed by atoms with E-state index in [2.05, 4.69) is 5.32 Å². The zero-order chi connectivity index (χ0) is 15.1. The maximum Gasteiger partial charge on any atom is 0.317 e. The van der Waals surface area contributed by atoms with Crippen molar-refractivity contribution < 1.29 is 19.4 Å². The molecule has 2 amide bonds. The Balaban J connectivity index is 1.56. The van der Waals surface area contributed by atoms with Gasteiger partial charge in [-0.15, -0.1) is 0 Å². The molecule has 1 saturated heterocycles. The number of amides is 2. The summed E-state index contributed by atoms with van der Waals surface area (Å²) in [6.45, 7) is 2.36.